The largest absolute Gasteiger partial charge is 0.479 e. The van der Waals surface area contributed by atoms with Crippen molar-refractivity contribution in [1.82, 2.24) is 10.6 Å². The van der Waals surface area contributed by atoms with Crippen LogP contribution >= 0.6 is 0 Å². The van der Waals surface area contributed by atoms with E-state index in [9.17, 15) is 14.4 Å². The number of carboxylic acids is 1. The van der Waals surface area contributed by atoms with E-state index >= 15 is 0 Å². The van der Waals surface area contributed by atoms with Gasteiger partial charge >= 0.3 is 18.2 Å². The molecule has 116 valence electrons. The van der Waals surface area contributed by atoms with Crippen molar-refractivity contribution in [3.05, 3.63) is 0 Å². The van der Waals surface area contributed by atoms with Crippen molar-refractivity contribution in [3.8, 4) is 0 Å². The Kier molecular flexibility index (Phi) is 8.10. The Balaban J connectivity index is 3.47. The van der Waals surface area contributed by atoms with Gasteiger partial charge in [-0.1, -0.05) is 0 Å². The Morgan fingerprint density at radius 2 is 1.50 bits per heavy atom. The first-order valence-corrected chi connectivity index (χ1v) is 6.30. The lowest BCUT2D eigenvalue weighted by molar-refractivity contribution is -0.140. The molecule has 0 heterocycles. The standard InChI is InChI=1S/C12H22N2O6/c1-12(2,3)20-11(18)14-7-5-4-6-13-10(17)19-8-9(15)16/h4-8H2,1-3H3,(H,13,17)(H,14,18)(H,15,16). The van der Waals surface area contributed by atoms with Gasteiger partial charge in [0, 0.05) is 13.1 Å². The minimum atomic E-state index is -1.21. The van der Waals surface area contributed by atoms with Crippen LogP contribution in [0.3, 0.4) is 0 Å². The summed E-state index contributed by atoms with van der Waals surface area (Å²) < 4.78 is 9.41. The number of unbranched alkanes of at least 4 members (excludes halogenated alkanes) is 1. The van der Waals surface area contributed by atoms with E-state index in [1.807, 2.05) is 0 Å². The van der Waals surface area contributed by atoms with Gasteiger partial charge in [0.2, 0.25) is 0 Å². The van der Waals surface area contributed by atoms with Gasteiger partial charge in [0.25, 0.3) is 0 Å². The van der Waals surface area contributed by atoms with E-state index in [1.54, 1.807) is 20.8 Å². The lowest BCUT2D eigenvalue weighted by Crippen LogP contribution is -2.33. The molecule has 0 rings (SSSR count). The van der Waals surface area contributed by atoms with Crippen LogP contribution < -0.4 is 10.6 Å². The van der Waals surface area contributed by atoms with Gasteiger partial charge in [0.1, 0.15) is 5.60 Å². The van der Waals surface area contributed by atoms with Gasteiger partial charge in [-0.25, -0.2) is 14.4 Å². The number of hydrogen-bond acceptors (Lipinski definition) is 5. The molecule has 0 radical (unpaired) electrons. The molecule has 0 saturated heterocycles. The molecule has 0 aromatic rings. The Hall–Kier alpha value is -1.99. The van der Waals surface area contributed by atoms with Crippen LogP contribution in [0.2, 0.25) is 0 Å². The fourth-order valence-electron chi connectivity index (χ4n) is 1.12. The summed E-state index contributed by atoms with van der Waals surface area (Å²) in [6.07, 6.45) is 0.0231. The third kappa shape index (κ3) is 12.5. The van der Waals surface area contributed by atoms with Crippen molar-refractivity contribution < 1.29 is 29.0 Å². The molecule has 0 aliphatic carbocycles. The summed E-state index contributed by atoms with van der Waals surface area (Å²) in [5.74, 6) is -1.21. The molecule has 0 atom stereocenters. The fraction of sp³-hybridized carbons (Fsp3) is 0.750. The minimum Gasteiger partial charge on any atom is -0.479 e. The van der Waals surface area contributed by atoms with Gasteiger partial charge in [-0.05, 0) is 33.6 Å². The third-order valence-corrected chi connectivity index (χ3v) is 1.87. The van der Waals surface area contributed by atoms with Crippen LogP contribution in [0, 0.1) is 0 Å². The van der Waals surface area contributed by atoms with Gasteiger partial charge < -0.3 is 25.2 Å². The maximum Gasteiger partial charge on any atom is 0.407 e. The maximum atomic E-state index is 11.3. The normalized spacial score (nSPS) is 10.6. The van der Waals surface area contributed by atoms with Gasteiger partial charge in [-0.15, -0.1) is 0 Å². The van der Waals surface area contributed by atoms with E-state index in [1.165, 1.54) is 0 Å². The SMILES string of the molecule is CC(C)(C)OC(=O)NCCCCNC(=O)OCC(=O)O. The van der Waals surface area contributed by atoms with Crippen LogP contribution in [-0.4, -0.2) is 48.6 Å². The van der Waals surface area contributed by atoms with Gasteiger partial charge in [-0.3, -0.25) is 0 Å². The van der Waals surface area contributed by atoms with Gasteiger partial charge in [-0.2, -0.15) is 0 Å². The van der Waals surface area contributed by atoms with Crippen LogP contribution in [0.1, 0.15) is 33.6 Å². The maximum absolute atomic E-state index is 11.3. The average molecular weight is 290 g/mol. The summed E-state index contributed by atoms with van der Waals surface area (Å²) in [6.45, 7) is 5.44. The lowest BCUT2D eigenvalue weighted by atomic mass is 10.2. The lowest BCUT2D eigenvalue weighted by Gasteiger charge is -2.19. The molecule has 8 heteroatoms. The quantitative estimate of drug-likeness (QED) is 0.605. The number of ether oxygens (including phenoxy) is 2. The van der Waals surface area contributed by atoms with Gasteiger partial charge in [0.05, 0.1) is 0 Å². The molecule has 0 spiro atoms. The number of carbonyl (C=O) groups is 3. The van der Waals surface area contributed by atoms with Crippen molar-refractivity contribution in [2.45, 2.75) is 39.2 Å². The Morgan fingerprint density at radius 3 is 1.95 bits per heavy atom. The number of alkyl carbamates (subject to hydrolysis) is 2. The summed E-state index contributed by atoms with van der Waals surface area (Å²) in [4.78, 5) is 32.4. The zero-order valence-corrected chi connectivity index (χ0v) is 12.0. The van der Waals surface area contributed by atoms with Crippen LogP contribution in [0.4, 0.5) is 9.59 Å². The molecule has 3 N–H and O–H groups in total. The summed E-state index contributed by atoms with van der Waals surface area (Å²) >= 11 is 0. The first-order valence-electron chi connectivity index (χ1n) is 6.30. The molecule has 0 saturated carbocycles. The first-order chi connectivity index (χ1) is 9.20. The number of rotatable bonds is 7. The predicted molar refractivity (Wildman–Crippen MR) is 70.5 cm³/mol. The summed E-state index contributed by atoms with van der Waals surface area (Å²) in [5.41, 5.74) is -0.528. The van der Waals surface area contributed by atoms with Crippen molar-refractivity contribution in [2.24, 2.45) is 0 Å². The molecular formula is C12H22N2O6. The van der Waals surface area contributed by atoms with Crippen LogP contribution in [0.5, 0.6) is 0 Å². The molecule has 0 aliphatic rings. The molecule has 0 fully saturated rings. The second-order valence-electron chi connectivity index (χ2n) is 5.03. The molecule has 0 aromatic carbocycles. The van der Waals surface area contributed by atoms with Gasteiger partial charge in [0.15, 0.2) is 6.61 Å². The van der Waals surface area contributed by atoms with Crippen LogP contribution in [-0.2, 0) is 14.3 Å². The highest BCUT2D eigenvalue weighted by Gasteiger charge is 2.15. The summed E-state index contributed by atoms with van der Waals surface area (Å²) in [7, 11) is 0. The molecule has 2 amide bonds. The Bertz CT molecular complexity index is 337. The van der Waals surface area contributed by atoms with E-state index in [0.29, 0.717) is 25.9 Å². The van der Waals surface area contributed by atoms with E-state index in [4.69, 9.17) is 9.84 Å². The highest BCUT2D eigenvalue weighted by molar-refractivity contribution is 5.74. The van der Waals surface area contributed by atoms with Crippen molar-refractivity contribution >= 4 is 18.2 Å². The van der Waals surface area contributed by atoms with Crippen LogP contribution in [0.15, 0.2) is 0 Å². The second-order valence-corrected chi connectivity index (χ2v) is 5.03. The minimum absolute atomic E-state index is 0.342. The molecule has 0 aromatic heterocycles. The van der Waals surface area contributed by atoms with E-state index in [-0.39, 0.29) is 0 Å². The second kappa shape index (κ2) is 9.00. The van der Waals surface area contributed by atoms with Crippen LogP contribution in [0.25, 0.3) is 0 Å². The summed E-state index contributed by atoms with van der Waals surface area (Å²) in [6, 6.07) is 0. The topological polar surface area (TPSA) is 114 Å². The van der Waals surface area contributed by atoms with Crippen molar-refractivity contribution in [1.29, 1.82) is 0 Å². The first kappa shape index (κ1) is 18.0. The molecule has 8 nitrogen and oxygen atoms in total. The average Bonchev–Trinajstić information content (AvgIpc) is 2.28. The van der Waals surface area contributed by atoms with Crippen molar-refractivity contribution in [2.75, 3.05) is 19.7 Å². The molecular weight excluding hydrogens is 268 g/mol. The fourth-order valence-corrected chi connectivity index (χ4v) is 1.12. The zero-order chi connectivity index (χ0) is 15.6. The van der Waals surface area contributed by atoms with E-state index in [0.717, 1.165) is 0 Å². The highest BCUT2D eigenvalue weighted by atomic mass is 16.6. The third-order valence-electron chi connectivity index (χ3n) is 1.87. The number of nitrogens with one attached hydrogen (secondary N) is 2. The monoisotopic (exact) mass is 290 g/mol. The molecule has 20 heavy (non-hydrogen) atoms. The Morgan fingerprint density at radius 1 is 1.00 bits per heavy atom. The molecule has 0 aliphatic heterocycles. The zero-order valence-electron chi connectivity index (χ0n) is 12.0. The molecule has 0 unspecified atom stereocenters. The summed E-state index contributed by atoms with van der Waals surface area (Å²) in [5, 5.41) is 13.3. The highest BCUT2D eigenvalue weighted by Crippen LogP contribution is 2.06. The number of carboxylic acid groups (broad SMARTS) is 1. The van der Waals surface area contributed by atoms with E-state index in [2.05, 4.69) is 15.4 Å². The number of aliphatic carboxylic acids is 1. The number of carbonyl (C=O) groups excluding carboxylic acids is 2. The Labute approximate surface area is 117 Å². The molecule has 0 bridgehead atoms. The van der Waals surface area contributed by atoms with E-state index < -0.39 is 30.4 Å². The number of hydrogen-bond donors (Lipinski definition) is 3. The number of amides is 2. The predicted octanol–water partition coefficient (Wildman–Crippen LogP) is 1.10. The smallest absolute Gasteiger partial charge is 0.407 e. The van der Waals surface area contributed by atoms with Crippen molar-refractivity contribution in [3.63, 3.8) is 0 Å².